The molecule has 0 heterocycles. The molecule has 2 aromatic rings. The number of amides is 1. The van der Waals surface area contributed by atoms with Gasteiger partial charge in [0.1, 0.15) is 16.8 Å². The van der Waals surface area contributed by atoms with E-state index in [2.05, 4.69) is 10.0 Å². The highest BCUT2D eigenvalue weighted by atomic mass is 32.2. The van der Waals surface area contributed by atoms with Crippen molar-refractivity contribution in [1.82, 2.24) is 4.72 Å². The van der Waals surface area contributed by atoms with Crippen LogP contribution >= 0.6 is 0 Å². The molecule has 0 saturated carbocycles. The second kappa shape index (κ2) is 7.97. The van der Waals surface area contributed by atoms with Crippen LogP contribution in [0.15, 0.2) is 47.4 Å². The maximum atomic E-state index is 13.9. The predicted molar refractivity (Wildman–Crippen MR) is 99.9 cm³/mol. The van der Waals surface area contributed by atoms with Gasteiger partial charge in [-0.3, -0.25) is 4.79 Å². The third kappa shape index (κ3) is 4.89. The first kappa shape index (κ1) is 20.1. The second-order valence-corrected chi connectivity index (χ2v) is 8.32. The van der Waals surface area contributed by atoms with E-state index >= 15 is 0 Å². The molecular formula is C19H23FN2O3S. The summed E-state index contributed by atoms with van der Waals surface area (Å²) in [7, 11) is -4.17. The molecule has 0 saturated heterocycles. The normalized spacial score (nSPS) is 12.8. The number of rotatable bonds is 6. The SMILES string of the molecule is Cc1cc(C)cc(NC(=O)[C@H](NS(=O)(=O)c2ccccc2F)C(C)C)c1. The zero-order chi connectivity index (χ0) is 19.5. The van der Waals surface area contributed by atoms with Crippen molar-refractivity contribution in [1.29, 1.82) is 0 Å². The van der Waals surface area contributed by atoms with Gasteiger partial charge in [0.15, 0.2) is 0 Å². The fourth-order valence-electron chi connectivity index (χ4n) is 2.65. The van der Waals surface area contributed by atoms with E-state index < -0.39 is 32.7 Å². The molecule has 0 fully saturated rings. The number of sulfonamides is 1. The first-order valence-electron chi connectivity index (χ1n) is 8.26. The summed E-state index contributed by atoms with van der Waals surface area (Å²) in [6.45, 7) is 7.25. The van der Waals surface area contributed by atoms with Gasteiger partial charge in [-0.05, 0) is 55.2 Å². The van der Waals surface area contributed by atoms with Crippen LogP contribution < -0.4 is 10.0 Å². The van der Waals surface area contributed by atoms with Crippen molar-refractivity contribution in [3.05, 3.63) is 59.4 Å². The zero-order valence-electron chi connectivity index (χ0n) is 15.2. The molecule has 1 atom stereocenters. The van der Waals surface area contributed by atoms with Gasteiger partial charge in [-0.25, -0.2) is 12.8 Å². The van der Waals surface area contributed by atoms with E-state index in [-0.39, 0.29) is 5.92 Å². The smallest absolute Gasteiger partial charge is 0.244 e. The number of carbonyl (C=O) groups excluding carboxylic acids is 1. The third-order valence-electron chi connectivity index (χ3n) is 3.85. The Morgan fingerprint density at radius 3 is 2.15 bits per heavy atom. The topological polar surface area (TPSA) is 75.3 Å². The highest BCUT2D eigenvalue weighted by Gasteiger charge is 2.29. The molecule has 0 spiro atoms. The van der Waals surface area contributed by atoms with Crippen LogP contribution in [-0.4, -0.2) is 20.4 Å². The maximum Gasteiger partial charge on any atom is 0.244 e. The third-order valence-corrected chi connectivity index (χ3v) is 5.32. The van der Waals surface area contributed by atoms with Crippen LogP contribution in [0.3, 0.4) is 0 Å². The molecule has 140 valence electrons. The largest absolute Gasteiger partial charge is 0.325 e. The molecule has 26 heavy (non-hydrogen) atoms. The van der Waals surface area contributed by atoms with E-state index in [1.807, 2.05) is 19.9 Å². The van der Waals surface area contributed by atoms with Crippen molar-refractivity contribution in [3.63, 3.8) is 0 Å². The molecule has 7 heteroatoms. The van der Waals surface area contributed by atoms with E-state index in [1.165, 1.54) is 12.1 Å². The van der Waals surface area contributed by atoms with E-state index in [0.717, 1.165) is 23.3 Å². The summed E-state index contributed by atoms with van der Waals surface area (Å²) in [5, 5.41) is 2.73. The van der Waals surface area contributed by atoms with E-state index in [9.17, 15) is 17.6 Å². The molecule has 2 aromatic carbocycles. The molecule has 0 aliphatic heterocycles. The summed E-state index contributed by atoms with van der Waals surface area (Å²) < 4.78 is 41.2. The van der Waals surface area contributed by atoms with Crippen LogP contribution in [0, 0.1) is 25.6 Å². The minimum absolute atomic E-state index is 0.331. The average molecular weight is 378 g/mol. The number of aryl methyl sites for hydroxylation is 2. The summed E-state index contributed by atoms with van der Waals surface area (Å²) >= 11 is 0. The summed E-state index contributed by atoms with van der Waals surface area (Å²) in [5.41, 5.74) is 2.55. The highest BCUT2D eigenvalue weighted by Crippen LogP contribution is 2.18. The van der Waals surface area contributed by atoms with Gasteiger partial charge >= 0.3 is 0 Å². The molecule has 1 amide bonds. The Labute approximate surface area is 153 Å². The number of halogens is 1. The summed E-state index contributed by atoms with van der Waals surface area (Å²) in [5.74, 6) is -1.69. The highest BCUT2D eigenvalue weighted by molar-refractivity contribution is 7.89. The number of nitrogens with one attached hydrogen (secondary N) is 2. The molecular weight excluding hydrogens is 355 g/mol. The Hall–Kier alpha value is -2.25. The number of hydrogen-bond donors (Lipinski definition) is 2. The number of carbonyl (C=O) groups is 1. The van der Waals surface area contributed by atoms with Crippen LogP contribution in [0.2, 0.25) is 0 Å². The van der Waals surface area contributed by atoms with E-state index in [4.69, 9.17) is 0 Å². The summed E-state index contributed by atoms with van der Waals surface area (Å²) in [6.07, 6.45) is 0. The lowest BCUT2D eigenvalue weighted by Gasteiger charge is -2.22. The van der Waals surface area contributed by atoms with Gasteiger partial charge < -0.3 is 5.32 Å². The lowest BCUT2D eigenvalue weighted by atomic mass is 10.0. The number of hydrogen-bond acceptors (Lipinski definition) is 3. The molecule has 0 aromatic heterocycles. The monoisotopic (exact) mass is 378 g/mol. The van der Waals surface area contributed by atoms with Crippen LogP contribution in [0.5, 0.6) is 0 Å². The molecule has 5 nitrogen and oxygen atoms in total. The lowest BCUT2D eigenvalue weighted by molar-refractivity contribution is -0.118. The Morgan fingerprint density at radius 2 is 1.62 bits per heavy atom. The minimum atomic E-state index is -4.17. The fraction of sp³-hybridized carbons (Fsp3) is 0.316. The molecule has 0 aliphatic rings. The van der Waals surface area contributed by atoms with Gasteiger partial charge in [0, 0.05) is 5.69 Å². The second-order valence-electron chi connectivity index (χ2n) is 6.64. The molecule has 0 bridgehead atoms. The van der Waals surface area contributed by atoms with E-state index in [0.29, 0.717) is 5.69 Å². The van der Waals surface area contributed by atoms with Gasteiger partial charge in [-0.15, -0.1) is 0 Å². The van der Waals surface area contributed by atoms with Crippen molar-refractivity contribution in [2.45, 2.75) is 38.6 Å². The van der Waals surface area contributed by atoms with Crippen LogP contribution in [0.1, 0.15) is 25.0 Å². The van der Waals surface area contributed by atoms with Crippen molar-refractivity contribution >= 4 is 21.6 Å². The van der Waals surface area contributed by atoms with Gasteiger partial charge in [-0.2, -0.15) is 4.72 Å². The quantitative estimate of drug-likeness (QED) is 0.809. The fourth-order valence-corrected chi connectivity index (χ4v) is 4.08. The Kier molecular flexibility index (Phi) is 6.15. The van der Waals surface area contributed by atoms with Crippen LogP contribution in [0.25, 0.3) is 0 Å². The van der Waals surface area contributed by atoms with Gasteiger partial charge in [-0.1, -0.05) is 32.0 Å². The first-order valence-corrected chi connectivity index (χ1v) is 9.74. The zero-order valence-corrected chi connectivity index (χ0v) is 16.0. The van der Waals surface area contributed by atoms with Crippen molar-refractivity contribution in [2.24, 2.45) is 5.92 Å². The molecule has 2 N–H and O–H groups in total. The standard InChI is InChI=1S/C19H23FN2O3S/c1-12(2)18(19(23)21-15-10-13(3)9-14(4)11-15)22-26(24,25)17-8-6-5-7-16(17)20/h5-12,18,22H,1-4H3,(H,21,23)/t18-/m1/s1. The van der Waals surface area contributed by atoms with Crippen molar-refractivity contribution in [3.8, 4) is 0 Å². The predicted octanol–water partition coefficient (Wildman–Crippen LogP) is 3.38. The first-order chi connectivity index (χ1) is 12.1. The van der Waals surface area contributed by atoms with E-state index in [1.54, 1.807) is 26.0 Å². The number of benzene rings is 2. The van der Waals surface area contributed by atoms with Crippen molar-refractivity contribution < 1.29 is 17.6 Å². The Balaban J connectivity index is 2.25. The van der Waals surface area contributed by atoms with Crippen molar-refractivity contribution in [2.75, 3.05) is 5.32 Å². The van der Waals surface area contributed by atoms with Crippen LogP contribution in [0.4, 0.5) is 10.1 Å². The molecule has 0 unspecified atom stereocenters. The minimum Gasteiger partial charge on any atom is -0.325 e. The summed E-state index contributed by atoms with van der Waals surface area (Å²) in [6, 6.07) is 9.59. The molecule has 0 aliphatic carbocycles. The Morgan fingerprint density at radius 1 is 1.04 bits per heavy atom. The Bertz CT molecular complexity index is 891. The lowest BCUT2D eigenvalue weighted by Crippen LogP contribution is -2.47. The average Bonchev–Trinajstić information content (AvgIpc) is 2.51. The van der Waals surface area contributed by atoms with Gasteiger partial charge in [0.25, 0.3) is 0 Å². The van der Waals surface area contributed by atoms with Crippen LogP contribution in [-0.2, 0) is 14.8 Å². The summed E-state index contributed by atoms with van der Waals surface area (Å²) in [4.78, 5) is 12.2. The van der Waals surface area contributed by atoms with Gasteiger partial charge in [0.2, 0.25) is 15.9 Å². The van der Waals surface area contributed by atoms with Gasteiger partial charge in [0.05, 0.1) is 0 Å². The molecule has 2 rings (SSSR count). The maximum absolute atomic E-state index is 13.9. The molecule has 0 radical (unpaired) electrons. The number of anilines is 1.